The summed E-state index contributed by atoms with van der Waals surface area (Å²) in [6.07, 6.45) is 2.26. The molecule has 1 fully saturated rings. The van der Waals surface area contributed by atoms with Gasteiger partial charge in [0.1, 0.15) is 5.82 Å². The predicted molar refractivity (Wildman–Crippen MR) is 124 cm³/mol. The summed E-state index contributed by atoms with van der Waals surface area (Å²) < 4.78 is 13.1. The summed E-state index contributed by atoms with van der Waals surface area (Å²) in [7, 11) is 0. The first-order valence-electron chi connectivity index (χ1n) is 11.6. The number of hydrogen-bond donors (Lipinski definition) is 0. The van der Waals surface area contributed by atoms with Crippen LogP contribution in [-0.4, -0.2) is 55.4 Å². The molecule has 5 rings (SSSR count). The first-order chi connectivity index (χ1) is 15.4. The van der Waals surface area contributed by atoms with Crippen molar-refractivity contribution in [1.82, 2.24) is 4.90 Å². The first kappa shape index (κ1) is 21.1. The van der Waals surface area contributed by atoms with Gasteiger partial charge in [0.05, 0.1) is 17.9 Å². The van der Waals surface area contributed by atoms with Gasteiger partial charge in [-0.05, 0) is 62.2 Å². The average Bonchev–Trinajstić information content (AvgIpc) is 3.03. The van der Waals surface area contributed by atoms with E-state index in [0.29, 0.717) is 31.1 Å². The number of likely N-dealkylation sites (tertiary alicyclic amines) is 1. The monoisotopic (exact) mass is 435 g/mol. The molecule has 6 heteroatoms. The molecule has 1 amide bonds. The number of hydrogen-bond acceptors (Lipinski definition) is 4. The third-order valence-electron chi connectivity index (χ3n) is 7.56. The standard InChI is InChI=1S/C26H30FN3O2/c1-3-29-21-7-4-6-20-25(21)30(16-24(29)32)23-13-15-28(17-26(20,23)2)14-5-8-22(31)18-9-11-19(27)12-10-18/h4,6-7,9-12,23H,3,5,8,13-17H2,1-2H3. The lowest BCUT2D eigenvalue weighted by Gasteiger charge is -2.46. The minimum Gasteiger partial charge on any atom is -0.356 e. The van der Waals surface area contributed by atoms with Crippen LogP contribution in [0.3, 0.4) is 0 Å². The Morgan fingerprint density at radius 1 is 1.19 bits per heavy atom. The Morgan fingerprint density at radius 3 is 2.72 bits per heavy atom. The smallest absolute Gasteiger partial charge is 0.246 e. The lowest BCUT2D eigenvalue weighted by atomic mass is 9.74. The van der Waals surface area contributed by atoms with Gasteiger partial charge in [0.15, 0.2) is 5.78 Å². The van der Waals surface area contributed by atoms with Crippen LogP contribution in [0.4, 0.5) is 15.8 Å². The molecule has 3 aliphatic rings. The highest BCUT2D eigenvalue weighted by molar-refractivity contribution is 6.05. The molecule has 0 radical (unpaired) electrons. The molecule has 32 heavy (non-hydrogen) atoms. The van der Waals surface area contributed by atoms with Crippen LogP contribution in [0.2, 0.25) is 0 Å². The van der Waals surface area contributed by atoms with Crippen molar-refractivity contribution in [3.8, 4) is 0 Å². The SMILES string of the molecule is CCN1C(=O)CN2c3c1cccc3C1(C)CN(CCCC(=O)c3ccc(F)cc3)CCC21. The summed E-state index contributed by atoms with van der Waals surface area (Å²) in [6.45, 7) is 8.29. The molecule has 0 saturated carbocycles. The summed E-state index contributed by atoms with van der Waals surface area (Å²) in [5.41, 5.74) is 4.18. The number of anilines is 2. The molecular weight excluding hydrogens is 405 g/mol. The van der Waals surface area contributed by atoms with Crippen molar-refractivity contribution in [3.63, 3.8) is 0 Å². The number of para-hydroxylation sites is 1. The first-order valence-corrected chi connectivity index (χ1v) is 11.6. The number of likely N-dealkylation sites (N-methyl/N-ethyl adjacent to an activating group) is 1. The Morgan fingerprint density at radius 2 is 1.97 bits per heavy atom. The minimum absolute atomic E-state index is 0.0331. The molecule has 2 atom stereocenters. The maximum atomic E-state index is 13.1. The van der Waals surface area contributed by atoms with Crippen LogP contribution < -0.4 is 9.80 Å². The van der Waals surface area contributed by atoms with E-state index in [9.17, 15) is 14.0 Å². The molecular formula is C26H30FN3O2. The van der Waals surface area contributed by atoms with Gasteiger partial charge in [0.2, 0.25) is 5.91 Å². The van der Waals surface area contributed by atoms with Gasteiger partial charge in [-0.1, -0.05) is 19.1 Å². The van der Waals surface area contributed by atoms with E-state index < -0.39 is 0 Å². The van der Waals surface area contributed by atoms with E-state index in [0.717, 1.165) is 38.2 Å². The molecule has 2 unspecified atom stereocenters. The number of piperidine rings is 1. The maximum Gasteiger partial charge on any atom is 0.246 e. The van der Waals surface area contributed by atoms with Gasteiger partial charge in [-0.15, -0.1) is 0 Å². The van der Waals surface area contributed by atoms with Crippen molar-refractivity contribution in [3.05, 3.63) is 59.4 Å². The number of ketones is 1. The van der Waals surface area contributed by atoms with Crippen molar-refractivity contribution >= 4 is 23.1 Å². The summed E-state index contributed by atoms with van der Waals surface area (Å²) in [5.74, 6) is -0.0697. The Bertz CT molecular complexity index is 1050. The van der Waals surface area contributed by atoms with Crippen LogP contribution >= 0.6 is 0 Å². The number of fused-ring (bicyclic) bond motifs is 3. The normalized spacial score (nSPS) is 24.5. The van der Waals surface area contributed by atoms with Crippen molar-refractivity contribution in [2.24, 2.45) is 0 Å². The zero-order valence-corrected chi connectivity index (χ0v) is 18.8. The molecule has 3 aliphatic heterocycles. The van der Waals surface area contributed by atoms with Crippen LogP contribution in [0, 0.1) is 5.82 Å². The number of Topliss-reactive ketones (excluding diaryl/α,β-unsaturated/α-hetero) is 1. The van der Waals surface area contributed by atoms with Crippen molar-refractivity contribution in [2.75, 3.05) is 42.5 Å². The molecule has 5 nitrogen and oxygen atoms in total. The van der Waals surface area contributed by atoms with Gasteiger partial charge < -0.3 is 14.7 Å². The average molecular weight is 436 g/mol. The predicted octanol–water partition coefficient (Wildman–Crippen LogP) is 4.01. The van der Waals surface area contributed by atoms with Crippen molar-refractivity contribution < 1.29 is 14.0 Å². The minimum atomic E-state index is -0.320. The highest BCUT2D eigenvalue weighted by Gasteiger charge is 2.53. The summed E-state index contributed by atoms with van der Waals surface area (Å²) >= 11 is 0. The van der Waals surface area contributed by atoms with Gasteiger partial charge in [-0.2, -0.15) is 0 Å². The second-order valence-corrected chi connectivity index (χ2v) is 9.47. The molecule has 0 N–H and O–H groups in total. The second-order valence-electron chi connectivity index (χ2n) is 9.47. The second kappa shape index (κ2) is 8.00. The van der Waals surface area contributed by atoms with E-state index in [1.807, 2.05) is 11.8 Å². The largest absolute Gasteiger partial charge is 0.356 e. The van der Waals surface area contributed by atoms with Crippen LogP contribution in [0.5, 0.6) is 0 Å². The van der Waals surface area contributed by atoms with E-state index in [4.69, 9.17) is 0 Å². The molecule has 0 aromatic heterocycles. The van der Waals surface area contributed by atoms with Crippen LogP contribution in [0.15, 0.2) is 42.5 Å². The van der Waals surface area contributed by atoms with E-state index in [-0.39, 0.29) is 22.9 Å². The third kappa shape index (κ3) is 3.32. The van der Waals surface area contributed by atoms with Gasteiger partial charge in [-0.3, -0.25) is 9.59 Å². The number of rotatable bonds is 6. The number of nitrogens with zero attached hydrogens (tertiary/aromatic N) is 3. The number of carbonyl (C=O) groups excluding carboxylic acids is 2. The molecule has 168 valence electrons. The van der Waals surface area contributed by atoms with Crippen LogP contribution in [-0.2, 0) is 10.2 Å². The van der Waals surface area contributed by atoms with E-state index >= 15 is 0 Å². The topological polar surface area (TPSA) is 43.9 Å². The Balaban J connectivity index is 1.29. The lowest BCUT2D eigenvalue weighted by molar-refractivity contribution is -0.117. The zero-order chi connectivity index (χ0) is 22.5. The quantitative estimate of drug-likeness (QED) is 0.643. The Hall–Kier alpha value is -2.73. The summed E-state index contributed by atoms with van der Waals surface area (Å²) in [6, 6.07) is 12.5. The fourth-order valence-corrected chi connectivity index (χ4v) is 6.04. The van der Waals surface area contributed by atoms with Crippen molar-refractivity contribution in [2.45, 2.75) is 44.6 Å². The highest BCUT2D eigenvalue weighted by Crippen LogP contribution is 2.53. The molecule has 0 spiro atoms. The van der Waals surface area contributed by atoms with Gasteiger partial charge in [0.25, 0.3) is 0 Å². The maximum absolute atomic E-state index is 13.1. The lowest BCUT2D eigenvalue weighted by Crippen LogP contribution is -2.57. The fourth-order valence-electron chi connectivity index (χ4n) is 6.04. The van der Waals surface area contributed by atoms with E-state index in [1.54, 1.807) is 12.1 Å². The third-order valence-corrected chi connectivity index (χ3v) is 7.56. The van der Waals surface area contributed by atoms with Crippen LogP contribution in [0.1, 0.15) is 49.0 Å². The fraction of sp³-hybridized carbons (Fsp3) is 0.462. The summed E-state index contributed by atoms with van der Waals surface area (Å²) in [5, 5.41) is 0. The zero-order valence-electron chi connectivity index (χ0n) is 18.8. The van der Waals surface area contributed by atoms with Gasteiger partial charge >= 0.3 is 0 Å². The highest BCUT2D eigenvalue weighted by atomic mass is 19.1. The van der Waals surface area contributed by atoms with Crippen LogP contribution in [0.25, 0.3) is 0 Å². The number of halogens is 1. The van der Waals surface area contributed by atoms with Crippen molar-refractivity contribution in [1.29, 1.82) is 0 Å². The number of amides is 1. The molecule has 0 bridgehead atoms. The molecule has 0 aliphatic carbocycles. The molecule has 2 aromatic rings. The van der Waals surface area contributed by atoms with E-state index in [1.165, 1.54) is 23.4 Å². The molecule has 2 aromatic carbocycles. The summed E-state index contributed by atoms with van der Waals surface area (Å²) in [4.78, 5) is 32.0. The van der Waals surface area contributed by atoms with Gasteiger partial charge in [-0.25, -0.2) is 4.39 Å². The van der Waals surface area contributed by atoms with E-state index in [2.05, 4.69) is 34.9 Å². The molecule has 3 heterocycles. The Labute approximate surface area is 188 Å². The number of carbonyl (C=O) groups is 2. The van der Waals surface area contributed by atoms with Gasteiger partial charge in [0, 0.05) is 43.1 Å². The Kier molecular flexibility index (Phi) is 5.28. The molecule has 1 saturated heterocycles. The number of benzene rings is 2.